The number of likely N-dealkylation sites (tertiary alicyclic amines) is 1. The van der Waals surface area contributed by atoms with Crippen molar-refractivity contribution in [2.75, 3.05) is 44.7 Å². The summed E-state index contributed by atoms with van der Waals surface area (Å²) in [6, 6.07) is 6.91. The van der Waals surface area contributed by atoms with Crippen LogP contribution in [0.15, 0.2) is 29.3 Å². The topological polar surface area (TPSA) is 60.0 Å². The largest absolute Gasteiger partial charge is 0.374 e. The van der Waals surface area contributed by atoms with Crippen molar-refractivity contribution in [1.82, 2.24) is 15.5 Å². The molecule has 2 aliphatic rings. The van der Waals surface area contributed by atoms with Gasteiger partial charge >= 0.3 is 0 Å². The van der Waals surface area contributed by atoms with Crippen molar-refractivity contribution in [3.63, 3.8) is 0 Å². The molecule has 0 radical (unpaired) electrons. The van der Waals surface area contributed by atoms with Crippen LogP contribution in [0.5, 0.6) is 0 Å². The fraction of sp³-hybridized carbons (Fsp3) is 0.652. The Morgan fingerprint density at radius 2 is 2.06 bits per heavy atom. The van der Waals surface area contributed by atoms with Crippen molar-refractivity contribution in [2.45, 2.75) is 51.5 Å². The van der Waals surface area contributed by atoms with E-state index < -0.39 is 0 Å². The number of nitrogens with zero attached hydrogens (tertiary/aromatic N) is 3. The van der Waals surface area contributed by atoms with Crippen molar-refractivity contribution in [3.05, 3.63) is 30.1 Å². The molecule has 3 rings (SSSR count). The van der Waals surface area contributed by atoms with Crippen molar-refractivity contribution in [2.24, 2.45) is 10.9 Å². The number of benzene rings is 1. The van der Waals surface area contributed by atoms with Crippen molar-refractivity contribution < 1.29 is 9.18 Å². The summed E-state index contributed by atoms with van der Waals surface area (Å²) in [5, 5.41) is 6.81. The fourth-order valence-electron chi connectivity index (χ4n) is 4.36. The SMILES string of the molecule is CCNC(=NCCCN(C)c1cccc(F)c1)NC1CCN(C(=O)C2CCCC2)C1.I. The van der Waals surface area contributed by atoms with Gasteiger partial charge in [-0.2, -0.15) is 0 Å². The molecule has 0 spiro atoms. The molecule has 2 fully saturated rings. The highest BCUT2D eigenvalue weighted by molar-refractivity contribution is 14.0. The van der Waals surface area contributed by atoms with Gasteiger partial charge in [0, 0.05) is 57.4 Å². The van der Waals surface area contributed by atoms with Gasteiger partial charge in [-0.3, -0.25) is 9.79 Å². The van der Waals surface area contributed by atoms with Crippen LogP contribution >= 0.6 is 24.0 Å². The van der Waals surface area contributed by atoms with Crippen LogP contribution in [-0.4, -0.2) is 62.6 Å². The Morgan fingerprint density at radius 3 is 2.77 bits per heavy atom. The number of hydrogen-bond donors (Lipinski definition) is 2. The van der Waals surface area contributed by atoms with Gasteiger partial charge in [-0.05, 0) is 50.8 Å². The number of carbonyl (C=O) groups excluding carboxylic acids is 1. The number of aliphatic imine (C=N–C) groups is 1. The molecule has 1 saturated heterocycles. The first-order valence-corrected chi connectivity index (χ1v) is 11.4. The van der Waals surface area contributed by atoms with Gasteiger partial charge in [0.15, 0.2) is 5.96 Å². The zero-order chi connectivity index (χ0) is 21.3. The lowest BCUT2D eigenvalue weighted by atomic mass is 10.1. The van der Waals surface area contributed by atoms with E-state index in [0.29, 0.717) is 12.5 Å². The maximum absolute atomic E-state index is 13.4. The van der Waals surface area contributed by atoms with Crippen molar-refractivity contribution in [3.8, 4) is 0 Å². The van der Waals surface area contributed by atoms with Crippen molar-refractivity contribution in [1.29, 1.82) is 0 Å². The van der Waals surface area contributed by atoms with Crippen LogP contribution in [0, 0.1) is 11.7 Å². The third kappa shape index (κ3) is 7.80. The van der Waals surface area contributed by atoms with Gasteiger partial charge in [0.1, 0.15) is 5.82 Å². The van der Waals surface area contributed by atoms with E-state index in [1.54, 1.807) is 12.1 Å². The molecule has 1 aliphatic heterocycles. The molecule has 0 aromatic heterocycles. The minimum Gasteiger partial charge on any atom is -0.374 e. The van der Waals surface area contributed by atoms with E-state index in [2.05, 4.69) is 17.6 Å². The Labute approximate surface area is 203 Å². The zero-order valence-electron chi connectivity index (χ0n) is 18.8. The second-order valence-electron chi connectivity index (χ2n) is 8.41. The number of halogens is 2. The van der Waals surface area contributed by atoms with E-state index in [1.807, 2.05) is 22.9 Å². The molecule has 2 N–H and O–H groups in total. The number of amides is 1. The molecule has 6 nitrogen and oxygen atoms in total. The van der Waals surface area contributed by atoms with E-state index in [4.69, 9.17) is 4.99 Å². The second-order valence-corrected chi connectivity index (χ2v) is 8.41. The molecular formula is C23H37FIN5O. The minimum absolute atomic E-state index is 0. The third-order valence-corrected chi connectivity index (χ3v) is 6.06. The van der Waals surface area contributed by atoms with E-state index in [9.17, 15) is 9.18 Å². The first-order valence-electron chi connectivity index (χ1n) is 11.4. The molecule has 1 heterocycles. The number of nitrogens with one attached hydrogen (secondary N) is 2. The van der Waals surface area contributed by atoms with Gasteiger partial charge in [-0.25, -0.2) is 4.39 Å². The van der Waals surface area contributed by atoms with Crippen LogP contribution < -0.4 is 15.5 Å². The Bertz CT molecular complexity index is 726. The summed E-state index contributed by atoms with van der Waals surface area (Å²) in [6.07, 6.45) is 6.34. The second kappa shape index (κ2) is 13.1. The smallest absolute Gasteiger partial charge is 0.225 e. The van der Waals surface area contributed by atoms with Crippen LogP contribution in [0.2, 0.25) is 0 Å². The molecule has 1 saturated carbocycles. The first-order chi connectivity index (χ1) is 14.6. The number of carbonyl (C=O) groups is 1. The summed E-state index contributed by atoms with van der Waals surface area (Å²) >= 11 is 0. The predicted octanol–water partition coefficient (Wildman–Crippen LogP) is 3.62. The molecule has 1 aromatic rings. The quantitative estimate of drug-likeness (QED) is 0.227. The Morgan fingerprint density at radius 1 is 1.29 bits per heavy atom. The first kappa shape index (κ1) is 25.7. The normalized spacial score (nSPS) is 19.3. The summed E-state index contributed by atoms with van der Waals surface area (Å²) in [7, 11) is 1.97. The van der Waals surface area contributed by atoms with Crippen LogP contribution in [0.4, 0.5) is 10.1 Å². The highest BCUT2D eigenvalue weighted by atomic mass is 127. The molecule has 1 unspecified atom stereocenters. The van der Waals surface area contributed by atoms with Gasteiger partial charge in [0.25, 0.3) is 0 Å². The Kier molecular flexibility index (Phi) is 10.8. The summed E-state index contributed by atoms with van der Waals surface area (Å²) < 4.78 is 13.4. The summed E-state index contributed by atoms with van der Waals surface area (Å²) in [4.78, 5) is 21.4. The van der Waals surface area contributed by atoms with Gasteiger partial charge in [0.05, 0.1) is 0 Å². The van der Waals surface area contributed by atoms with Crippen LogP contribution in [0.1, 0.15) is 45.4 Å². The van der Waals surface area contributed by atoms with E-state index in [-0.39, 0.29) is 41.8 Å². The molecular weight excluding hydrogens is 508 g/mol. The van der Waals surface area contributed by atoms with Crippen LogP contribution in [-0.2, 0) is 4.79 Å². The van der Waals surface area contributed by atoms with Crippen LogP contribution in [0.3, 0.4) is 0 Å². The van der Waals surface area contributed by atoms with Gasteiger partial charge < -0.3 is 20.4 Å². The maximum atomic E-state index is 13.4. The average molecular weight is 545 g/mol. The molecule has 0 bridgehead atoms. The van der Waals surface area contributed by atoms with Gasteiger partial charge in [0.2, 0.25) is 5.91 Å². The molecule has 174 valence electrons. The lowest BCUT2D eigenvalue weighted by Crippen LogP contribution is -2.45. The van der Waals surface area contributed by atoms with Gasteiger partial charge in [-0.15, -0.1) is 24.0 Å². The van der Waals surface area contributed by atoms with E-state index in [1.165, 1.54) is 18.9 Å². The monoisotopic (exact) mass is 545 g/mol. The standard InChI is InChI=1S/C23H36FN5O.HI/c1-3-25-23(26-13-7-14-28(2)21-11-6-10-19(24)16-21)27-20-12-15-29(17-20)22(30)18-8-4-5-9-18;/h6,10-11,16,18,20H,3-5,7-9,12-15,17H2,1-2H3,(H2,25,26,27);1H. The third-order valence-electron chi connectivity index (χ3n) is 6.06. The summed E-state index contributed by atoms with van der Waals surface area (Å²) in [5.41, 5.74) is 0.877. The predicted molar refractivity (Wildman–Crippen MR) is 136 cm³/mol. The highest BCUT2D eigenvalue weighted by Crippen LogP contribution is 2.27. The Balaban J connectivity index is 0.00000341. The lowest BCUT2D eigenvalue weighted by Gasteiger charge is -2.22. The maximum Gasteiger partial charge on any atom is 0.225 e. The molecule has 1 aliphatic carbocycles. The lowest BCUT2D eigenvalue weighted by molar-refractivity contribution is -0.134. The number of rotatable bonds is 8. The van der Waals surface area contributed by atoms with Crippen molar-refractivity contribution >= 4 is 41.5 Å². The molecule has 1 aromatic carbocycles. The van der Waals surface area contributed by atoms with E-state index in [0.717, 1.165) is 63.5 Å². The number of guanidine groups is 1. The average Bonchev–Trinajstić information content (AvgIpc) is 3.43. The summed E-state index contributed by atoms with van der Waals surface area (Å²) in [5.74, 6) is 1.19. The van der Waals surface area contributed by atoms with Gasteiger partial charge in [-0.1, -0.05) is 18.9 Å². The molecule has 1 amide bonds. The fourth-order valence-corrected chi connectivity index (χ4v) is 4.36. The molecule has 8 heteroatoms. The number of anilines is 1. The Hall–Kier alpha value is -1.58. The minimum atomic E-state index is -0.215. The molecule has 31 heavy (non-hydrogen) atoms. The van der Waals surface area contributed by atoms with E-state index >= 15 is 0 Å². The number of hydrogen-bond acceptors (Lipinski definition) is 3. The highest BCUT2D eigenvalue weighted by Gasteiger charge is 2.32. The van der Waals surface area contributed by atoms with Crippen LogP contribution in [0.25, 0.3) is 0 Å². The zero-order valence-corrected chi connectivity index (χ0v) is 21.1. The summed E-state index contributed by atoms with van der Waals surface area (Å²) in [6.45, 7) is 5.95. The molecule has 1 atom stereocenters.